The van der Waals surface area contributed by atoms with Crippen molar-refractivity contribution in [2.45, 2.75) is 38.8 Å². The van der Waals surface area contributed by atoms with Gasteiger partial charge in [-0.2, -0.15) is 0 Å². The first-order chi connectivity index (χ1) is 18.2. The molecule has 0 radical (unpaired) electrons. The summed E-state index contributed by atoms with van der Waals surface area (Å²) in [5.41, 5.74) is 0.00293. The van der Waals surface area contributed by atoms with Crippen molar-refractivity contribution in [3.63, 3.8) is 0 Å². The number of nitro benzene ring substituents is 1. The number of hydrogen-bond acceptors (Lipinski definition) is 9. The highest BCUT2D eigenvalue weighted by molar-refractivity contribution is 5.92. The van der Waals surface area contributed by atoms with Crippen LogP contribution in [0, 0.1) is 10.1 Å². The Bertz CT molecular complexity index is 1670. The van der Waals surface area contributed by atoms with E-state index in [2.05, 4.69) is 14.9 Å². The molecule has 2 aromatic heterocycles. The van der Waals surface area contributed by atoms with Gasteiger partial charge in [-0.3, -0.25) is 24.0 Å². The second-order valence-electron chi connectivity index (χ2n) is 9.52. The quantitative estimate of drug-likeness (QED) is 0.277. The highest BCUT2D eigenvalue weighted by atomic mass is 16.6. The molecule has 2 aromatic carbocycles. The number of aromatic nitrogens is 4. The monoisotopic (exact) mass is 520 g/mol. The number of non-ortho nitro benzene ring substituents is 1. The van der Waals surface area contributed by atoms with Crippen LogP contribution in [0.3, 0.4) is 0 Å². The summed E-state index contributed by atoms with van der Waals surface area (Å²) in [6.07, 6.45) is 2.54. The van der Waals surface area contributed by atoms with Gasteiger partial charge in [0.15, 0.2) is 11.5 Å². The third kappa shape index (κ3) is 4.11. The Kier molecular flexibility index (Phi) is 6.47. The van der Waals surface area contributed by atoms with Crippen LogP contribution < -0.4 is 25.6 Å². The van der Waals surface area contributed by atoms with E-state index in [0.717, 1.165) is 11.2 Å². The standard InChI is InChI=1S/C26H28N6O6/c1-15(2)30-21-6-5-17(32(35)36)11-19(21)25(33)31(26(30)34)16-7-9-29(10-8-16)24-18-12-22(37-3)23(38-4)13-20(18)27-14-28-24/h5-6,11-16H,7-10H2,1-4H3. The van der Waals surface area contributed by atoms with E-state index >= 15 is 0 Å². The van der Waals surface area contributed by atoms with E-state index in [-0.39, 0.29) is 23.2 Å². The zero-order valence-electron chi connectivity index (χ0n) is 21.6. The van der Waals surface area contributed by atoms with Crippen molar-refractivity contribution in [1.29, 1.82) is 0 Å². The Morgan fingerprint density at radius 2 is 1.68 bits per heavy atom. The first-order valence-electron chi connectivity index (χ1n) is 12.3. The van der Waals surface area contributed by atoms with Gasteiger partial charge in [-0.25, -0.2) is 14.8 Å². The molecule has 3 heterocycles. The molecular weight excluding hydrogens is 492 g/mol. The Morgan fingerprint density at radius 3 is 2.32 bits per heavy atom. The van der Waals surface area contributed by atoms with Crippen LogP contribution >= 0.6 is 0 Å². The van der Waals surface area contributed by atoms with Gasteiger partial charge in [0.25, 0.3) is 11.2 Å². The first kappa shape index (κ1) is 25.2. The number of rotatable bonds is 6. The van der Waals surface area contributed by atoms with Gasteiger partial charge >= 0.3 is 5.69 Å². The summed E-state index contributed by atoms with van der Waals surface area (Å²) in [4.78, 5) is 48.9. The summed E-state index contributed by atoms with van der Waals surface area (Å²) < 4.78 is 13.7. The molecule has 1 aliphatic heterocycles. The van der Waals surface area contributed by atoms with Crippen LogP contribution in [0.1, 0.15) is 38.8 Å². The Balaban J connectivity index is 1.52. The maximum absolute atomic E-state index is 13.6. The largest absolute Gasteiger partial charge is 0.493 e. The molecule has 0 unspecified atom stereocenters. The predicted molar refractivity (Wildman–Crippen MR) is 143 cm³/mol. The summed E-state index contributed by atoms with van der Waals surface area (Å²) in [5.74, 6) is 1.87. The topological polar surface area (TPSA) is 135 Å². The zero-order chi connectivity index (χ0) is 27.1. The van der Waals surface area contributed by atoms with Crippen molar-refractivity contribution in [2.24, 2.45) is 0 Å². The van der Waals surface area contributed by atoms with E-state index < -0.39 is 16.2 Å². The Hall–Kier alpha value is -4.48. The van der Waals surface area contributed by atoms with Crippen LogP contribution in [0.15, 0.2) is 46.2 Å². The van der Waals surface area contributed by atoms with Crippen molar-refractivity contribution in [3.05, 3.63) is 67.6 Å². The van der Waals surface area contributed by atoms with E-state index in [9.17, 15) is 19.7 Å². The number of anilines is 1. The molecule has 198 valence electrons. The molecule has 0 aliphatic carbocycles. The highest BCUT2D eigenvalue weighted by Gasteiger charge is 2.28. The van der Waals surface area contributed by atoms with E-state index in [4.69, 9.17) is 9.47 Å². The third-order valence-corrected chi connectivity index (χ3v) is 7.08. The molecule has 0 N–H and O–H groups in total. The minimum absolute atomic E-state index is 0.165. The molecule has 0 saturated carbocycles. The smallest absolute Gasteiger partial charge is 0.331 e. The Labute approximate surface area is 217 Å². The molecule has 0 atom stereocenters. The Morgan fingerprint density at radius 1 is 1.00 bits per heavy atom. The SMILES string of the molecule is COc1cc2ncnc(N3CCC(n4c(=O)c5cc([N+](=O)[O-])ccc5n(C(C)C)c4=O)CC3)c2cc1OC. The molecule has 0 bridgehead atoms. The number of fused-ring (bicyclic) bond motifs is 2. The molecule has 12 nitrogen and oxygen atoms in total. The fourth-order valence-corrected chi connectivity index (χ4v) is 5.23. The van der Waals surface area contributed by atoms with Crippen LogP contribution in [0.5, 0.6) is 11.5 Å². The van der Waals surface area contributed by atoms with Crippen LogP contribution in [0.2, 0.25) is 0 Å². The molecule has 38 heavy (non-hydrogen) atoms. The molecular formula is C26H28N6O6. The predicted octanol–water partition coefficient (Wildman–Crippen LogP) is 3.45. The molecule has 4 aromatic rings. The molecule has 0 amide bonds. The summed E-state index contributed by atoms with van der Waals surface area (Å²) in [5, 5.41) is 12.3. The van der Waals surface area contributed by atoms with Gasteiger partial charge in [-0.05, 0) is 38.8 Å². The van der Waals surface area contributed by atoms with Gasteiger partial charge in [-0.15, -0.1) is 0 Å². The van der Waals surface area contributed by atoms with E-state index in [0.29, 0.717) is 48.5 Å². The number of piperidine rings is 1. The summed E-state index contributed by atoms with van der Waals surface area (Å²) in [6, 6.07) is 7.11. The lowest BCUT2D eigenvalue weighted by Crippen LogP contribution is -2.46. The average molecular weight is 521 g/mol. The van der Waals surface area contributed by atoms with Crippen molar-refractivity contribution in [1.82, 2.24) is 19.1 Å². The highest BCUT2D eigenvalue weighted by Crippen LogP contribution is 2.36. The minimum atomic E-state index is -0.539. The maximum atomic E-state index is 13.6. The lowest BCUT2D eigenvalue weighted by atomic mass is 10.0. The van der Waals surface area contributed by atoms with Gasteiger partial charge in [0, 0.05) is 48.8 Å². The molecule has 1 fully saturated rings. The van der Waals surface area contributed by atoms with Crippen LogP contribution in [-0.4, -0.2) is 51.3 Å². The lowest BCUT2D eigenvalue weighted by molar-refractivity contribution is -0.384. The van der Waals surface area contributed by atoms with Crippen molar-refractivity contribution >= 4 is 33.3 Å². The molecule has 0 spiro atoms. The summed E-state index contributed by atoms with van der Waals surface area (Å²) in [6.45, 7) is 4.80. The maximum Gasteiger partial charge on any atom is 0.331 e. The van der Waals surface area contributed by atoms with E-state index in [1.165, 1.54) is 33.7 Å². The lowest BCUT2D eigenvalue weighted by Gasteiger charge is -2.34. The number of ether oxygens (including phenoxy) is 2. The first-order valence-corrected chi connectivity index (χ1v) is 12.3. The summed E-state index contributed by atoms with van der Waals surface area (Å²) in [7, 11) is 3.13. The van der Waals surface area contributed by atoms with Crippen LogP contribution in [0.25, 0.3) is 21.8 Å². The molecule has 1 aliphatic rings. The van der Waals surface area contributed by atoms with Crippen LogP contribution in [-0.2, 0) is 0 Å². The molecule has 1 saturated heterocycles. The van der Waals surface area contributed by atoms with Crippen molar-refractivity contribution < 1.29 is 14.4 Å². The number of benzene rings is 2. The van der Waals surface area contributed by atoms with Crippen molar-refractivity contribution in [2.75, 3.05) is 32.2 Å². The van der Waals surface area contributed by atoms with Gasteiger partial charge in [0.1, 0.15) is 12.1 Å². The minimum Gasteiger partial charge on any atom is -0.493 e. The number of hydrogen-bond donors (Lipinski definition) is 0. The fourth-order valence-electron chi connectivity index (χ4n) is 5.23. The van der Waals surface area contributed by atoms with Gasteiger partial charge in [0.2, 0.25) is 0 Å². The normalized spacial score (nSPS) is 14.4. The van der Waals surface area contributed by atoms with Gasteiger partial charge in [0.05, 0.1) is 35.6 Å². The van der Waals surface area contributed by atoms with Crippen LogP contribution in [0.4, 0.5) is 11.5 Å². The van der Waals surface area contributed by atoms with Crippen molar-refractivity contribution in [3.8, 4) is 11.5 Å². The van der Waals surface area contributed by atoms with Gasteiger partial charge in [-0.1, -0.05) is 0 Å². The third-order valence-electron chi connectivity index (χ3n) is 7.08. The molecule has 5 rings (SSSR count). The van der Waals surface area contributed by atoms with E-state index in [1.807, 2.05) is 19.9 Å². The average Bonchev–Trinajstić information content (AvgIpc) is 2.92. The molecule has 12 heteroatoms. The van der Waals surface area contributed by atoms with E-state index in [1.54, 1.807) is 20.3 Å². The number of methoxy groups -OCH3 is 2. The second-order valence-corrected chi connectivity index (χ2v) is 9.52. The second kappa shape index (κ2) is 9.77. The zero-order valence-corrected chi connectivity index (χ0v) is 21.6. The number of nitrogens with zero attached hydrogens (tertiary/aromatic N) is 6. The van der Waals surface area contributed by atoms with Gasteiger partial charge < -0.3 is 14.4 Å². The fraction of sp³-hybridized carbons (Fsp3) is 0.385. The summed E-state index contributed by atoms with van der Waals surface area (Å²) >= 11 is 0. The number of nitro groups is 1.